The van der Waals surface area contributed by atoms with E-state index in [1.807, 2.05) is 24.3 Å². The van der Waals surface area contributed by atoms with E-state index in [9.17, 15) is 10.2 Å². The second kappa shape index (κ2) is 10.2. The molecule has 4 heteroatoms. The Kier molecular flexibility index (Phi) is 7.81. The van der Waals surface area contributed by atoms with Crippen molar-refractivity contribution in [2.75, 3.05) is 0 Å². The molecule has 2 unspecified atom stereocenters. The summed E-state index contributed by atoms with van der Waals surface area (Å²) in [5.74, 6) is 1.37. The Morgan fingerprint density at radius 3 is 2.23 bits per heavy atom. The summed E-state index contributed by atoms with van der Waals surface area (Å²) in [7, 11) is 0. The molecule has 0 aliphatic heterocycles. The molecule has 0 saturated heterocycles. The molecule has 0 bridgehead atoms. The third-order valence-electron chi connectivity index (χ3n) is 6.47. The fraction of sp³-hybridized carbons (Fsp3) is 0.423. The first-order valence-corrected chi connectivity index (χ1v) is 10.8. The van der Waals surface area contributed by atoms with Crippen LogP contribution in [0.1, 0.15) is 51.0 Å². The minimum Gasteiger partial charge on any atom is -0.393 e. The fourth-order valence-corrected chi connectivity index (χ4v) is 4.95. The third-order valence-corrected chi connectivity index (χ3v) is 6.47. The number of aliphatic hydroxyl groups is 2. The van der Waals surface area contributed by atoms with Crippen LogP contribution in [-0.2, 0) is 20.1 Å². The van der Waals surface area contributed by atoms with Crippen LogP contribution in [-0.4, -0.2) is 27.4 Å². The molecule has 5 rings (SSSR count). The van der Waals surface area contributed by atoms with Gasteiger partial charge in [0.2, 0.25) is 0 Å². The van der Waals surface area contributed by atoms with Gasteiger partial charge in [-0.25, -0.2) is 0 Å². The Balaban J connectivity index is 0.000000197. The predicted octanol–water partition coefficient (Wildman–Crippen LogP) is 5.35. The molecule has 0 amide bonds. The number of benzene rings is 2. The van der Waals surface area contributed by atoms with Crippen LogP contribution >= 0.6 is 0 Å². The molecule has 3 aromatic rings. The molecule has 0 spiro atoms. The first-order valence-electron chi connectivity index (χ1n) is 10.8. The number of hydrogen-bond donors (Lipinski definition) is 2. The molecule has 2 aliphatic rings. The van der Waals surface area contributed by atoms with Gasteiger partial charge in [0.05, 0.1) is 17.7 Å². The molecule has 2 aromatic carbocycles. The molecule has 2 N–H and O–H groups in total. The summed E-state index contributed by atoms with van der Waals surface area (Å²) in [5.41, 5.74) is 4.43. The topological polar surface area (TPSA) is 53.4 Å². The molecular weight excluding hydrogens is 551 g/mol. The van der Waals surface area contributed by atoms with Crippen LogP contribution in [0.15, 0.2) is 54.6 Å². The van der Waals surface area contributed by atoms with Gasteiger partial charge in [0, 0.05) is 31.4 Å². The van der Waals surface area contributed by atoms with E-state index in [0.717, 1.165) is 42.5 Å². The molecule has 2 saturated carbocycles. The number of aliphatic hydroxyl groups excluding tert-OH is 2. The van der Waals surface area contributed by atoms with Crippen LogP contribution < -0.4 is 0 Å². The second-order valence-corrected chi connectivity index (χ2v) is 8.67. The Morgan fingerprint density at radius 2 is 1.63 bits per heavy atom. The van der Waals surface area contributed by atoms with Gasteiger partial charge in [0.25, 0.3) is 0 Å². The Bertz CT molecular complexity index is 946. The number of hydrogen-bond acceptors (Lipinski definition) is 3. The normalized spacial score (nSPS) is 24.8. The smallest absolute Gasteiger partial charge is 0.0598 e. The molecule has 3 nitrogen and oxygen atoms in total. The van der Waals surface area contributed by atoms with Gasteiger partial charge >= 0.3 is 0 Å². The maximum atomic E-state index is 9.41. The van der Waals surface area contributed by atoms with Gasteiger partial charge in [-0.05, 0) is 54.8 Å². The summed E-state index contributed by atoms with van der Waals surface area (Å²) >= 11 is 0. The molecule has 1 aromatic heterocycles. The number of rotatable bonds is 2. The van der Waals surface area contributed by atoms with E-state index in [-0.39, 0.29) is 38.2 Å². The monoisotopic (exact) mass is 581 g/mol. The van der Waals surface area contributed by atoms with Crippen LogP contribution in [0.5, 0.6) is 0 Å². The van der Waals surface area contributed by atoms with Crippen LogP contribution in [0.25, 0.3) is 22.2 Å². The van der Waals surface area contributed by atoms with Gasteiger partial charge in [-0.15, -0.1) is 35.9 Å². The van der Waals surface area contributed by atoms with Crippen molar-refractivity contribution >= 4 is 10.9 Å². The van der Waals surface area contributed by atoms with Gasteiger partial charge in [0.1, 0.15) is 0 Å². The molecular formula is C26H30IrNO2-. The predicted molar refractivity (Wildman–Crippen MR) is 118 cm³/mol. The quantitative estimate of drug-likeness (QED) is 0.402. The van der Waals surface area contributed by atoms with Crippen molar-refractivity contribution in [1.82, 2.24) is 4.98 Å². The largest absolute Gasteiger partial charge is 0.393 e. The SMILES string of the molecule is CC(C)c1cccc2nc(-c3[c-]cccc3)ccc12.OC1CCC2CCC(O)C12.[Ir]. The van der Waals surface area contributed by atoms with Gasteiger partial charge < -0.3 is 10.2 Å². The zero-order chi connectivity index (χ0) is 20.4. The van der Waals surface area contributed by atoms with Crippen molar-refractivity contribution in [3.63, 3.8) is 0 Å². The summed E-state index contributed by atoms with van der Waals surface area (Å²) in [4.78, 5) is 4.76. The molecule has 1 radical (unpaired) electrons. The van der Waals surface area contributed by atoms with Crippen LogP contribution in [0.3, 0.4) is 0 Å². The minimum atomic E-state index is -0.206. The number of aromatic nitrogens is 1. The molecule has 1 heterocycles. The maximum absolute atomic E-state index is 9.41. The van der Waals surface area contributed by atoms with E-state index in [4.69, 9.17) is 4.98 Å². The van der Waals surface area contributed by atoms with E-state index in [2.05, 4.69) is 50.2 Å². The Hall–Kier alpha value is -1.58. The zero-order valence-electron chi connectivity index (χ0n) is 17.6. The average molecular weight is 581 g/mol. The molecule has 2 fully saturated rings. The van der Waals surface area contributed by atoms with Gasteiger partial charge in [-0.2, -0.15) is 0 Å². The first-order chi connectivity index (χ1) is 14.0. The summed E-state index contributed by atoms with van der Waals surface area (Å²) in [6.45, 7) is 4.43. The molecule has 161 valence electrons. The first kappa shape index (κ1) is 23.1. The number of nitrogens with zero attached hydrogens (tertiary/aromatic N) is 1. The summed E-state index contributed by atoms with van der Waals surface area (Å²) in [6, 6.07) is 21.8. The third kappa shape index (κ3) is 4.83. The summed E-state index contributed by atoms with van der Waals surface area (Å²) in [5, 5.41) is 20.1. The zero-order valence-corrected chi connectivity index (χ0v) is 20.0. The molecule has 2 aliphatic carbocycles. The standard InChI is InChI=1S/C18H16N.C8H14O2.Ir/c1-13(2)15-9-6-10-18-16(15)11-12-17(19-18)14-7-4-3-5-8-14;9-6-3-1-5-2-4-7(10)8(5)6;/h3-7,9-13H,1-2H3;5-10H,1-4H2;/q-1;;. The van der Waals surface area contributed by atoms with Gasteiger partial charge in [-0.1, -0.05) is 38.1 Å². The molecule has 2 atom stereocenters. The summed E-state index contributed by atoms with van der Waals surface area (Å²) in [6.07, 6.45) is 3.66. The van der Waals surface area contributed by atoms with Crippen LogP contribution in [0.2, 0.25) is 0 Å². The minimum absolute atomic E-state index is 0. The van der Waals surface area contributed by atoms with Crippen LogP contribution in [0, 0.1) is 17.9 Å². The number of pyridine rings is 1. The van der Waals surface area contributed by atoms with E-state index in [1.165, 1.54) is 10.9 Å². The summed E-state index contributed by atoms with van der Waals surface area (Å²) < 4.78 is 0. The van der Waals surface area contributed by atoms with Gasteiger partial charge in [-0.3, -0.25) is 4.98 Å². The van der Waals surface area contributed by atoms with Gasteiger partial charge in [0.15, 0.2) is 0 Å². The van der Waals surface area contributed by atoms with E-state index >= 15 is 0 Å². The van der Waals surface area contributed by atoms with E-state index < -0.39 is 0 Å². The Morgan fingerprint density at radius 1 is 0.900 bits per heavy atom. The van der Waals surface area contributed by atoms with Crippen molar-refractivity contribution < 1.29 is 30.3 Å². The fourth-order valence-electron chi connectivity index (χ4n) is 4.95. The second-order valence-electron chi connectivity index (χ2n) is 8.67. The van der Waals surface area contributed by atoms with Crippen molar-refractivity contribution in [1.29, 1.82) is 0 Å². The van der Waals surface area contributed by atoms with Crippen LogP contribution in [0.4, 0.5) is 0 Å². The van der Waals surface area contributed by atoms with Crippen molar-refractivity contribution in [3.05, 3.63) is 66.2 Å². The van der Waals surface area contributed by atoms with Crippen molar-refractivity contribution in [2.24, 2.45) is 11.8 Å². The van der Waals surface area contributed by atoms with Crippen molar-refractivity contribution in [3.8, 4) is 11.3 Å². The molecule has 30 heavy (non-hydrogen) atoms. The average Bonchev–Trinajstić information content (AvgIpc) is 3.31. The number of fused-ring (bicyclic) bond motifs is 2. The maximum Gasteiger partial charge on any atom is 0.0598 e. The van der Waals surface area contributed by atoms with E-state index in [1.54, 1.807) is 0 Å². The Labute approximate surface area is 192 Å². The van der Waals surface area contributed by atoms with Crippen molar-refractivity contribution in [2.45, 2.75) is 57.7 Å². The van der Waals surface area contributed by atoms with E-state index in [0.29, 0.717) is 11.8 Å².